The molecule has 0 bridgehead atoms. The van der Waals surface area contributed by atoms with Gasteiger partial charge in [0.25, 0.3) is 0 Å². The number of benzene rings is 3. The van der Waals surface area contributed by atoms with Crippen LogP contribution in [0.25, 0.3) is 0 Å². The smallest absolute Gasteiger partial charge is 0.180 e. The van der Waals surface area contributed by atoms with E-state index in [0.29, 0.717) is 35.2 Å². The predicted molar refractivity (Wildman–Crippen MR) is 112 cm³/mol. The lowest BCUT2D eigenvalue weighted by molar-refractivity contribution is 0.266. The van der Waals surface area contributed by atoms with Gasteiger partial charge in [-0.25, -0.2) is 4.39 Å². The Morgan fingerprint density at radius 3 is 2.50 bits per heavy atom. The average molecular weight is 400 g/mol. The summed E-state index contributed by atoms with van der Waals surface area (Å²) in [5, 5.41) is 3.84. The molecule has 3 aromatic rings. The van der Waals surface area contributed by atoms with E-state index in [4.69, 9.17) is 21.1 Å². The van der Waals surface area contributed by atoms with Crippen molar-refractivity contribution in [2.45, 2.75) is 27.0 Å². The third-order valence-corrected chi connectivity index (χ3v) is 4.61. The Labute approximate surface area is 170 Å². The molecule has 0 radical (unpaired) electrons. The van der Waals surface area contributed by atoms with E-state index >= 15 is 0 Å². The van der Waals surface area contributed by atoms with Gasteiger partial charge in [0.05, 0.1) is 11.6 Å². The number of hydrogen-bond acceptors (Lipinski definition) is 3. The van der Waals surface area contributed by atoms with Gasteiger partial charge in [0.1, 0.15) is 12.4 Å². The molecular formula is C23H23ClFNO2. The SMILES string of the molecule is CCOc1cc(CNc2ccccc2C)cc(Cl)c1OCc1ccccc1F. The topological polar surface area (TPSA) is 30.5 Å². The Balaban J connectivity index is 1.77. The first-order valence-corrected chi connectivity index (χ1v) is 9.57. The van der Waals surface area contributed by atoms with Crippen LogP contribution in [-0.4, -0.2) is 6.61 Å². The quantitative estimate of drug-likeness (QED) is 0.477. The van der Waals surface area contributed by atoms with Crippen molar-refractivity contribution >= 4 is 17.3 Å². The maximum atomic E-state index is 13.8. The van der Waals surface area contributed by atoms with Crippen LogP contribution in [0.3, 0.4) is 0 Å². The van der Waals surface area contributed by atoms with Gasteiger partial charge < -0.3 is 14.8 Å². The van der Waals surface area contributed by atoms with E-state index in [-0.39, 0.29) is 12.4 Å². The van der Waals surface area contributed by atoms with Crippen LogP contribution >= 0.6 is 11.6 Å². The molecule has 0 atom stereocenters. The van der Waals surface area contributed by atoms with Gasteiger partial charge >= 0.3 is 0 Å². The van der Waals surface area contributed by atoms with Crippen molar-refractivity contribution in [3.05, 3.63) is 88.2 Å². The number of hydrogen-bond donors (Lipinski definition) is 1. The maximum absolute atomic E-state index is 13.8. The van der Waals surface area contributed by atoms with Crippen molar-refractivity contribution in [3.8, 4) is 11.5 Å². The fraction of sp³-hybridized carbons (Fsp3) is 0.217. The predicted octanol–water partition coefficient (Wildman–Crippen LogP) is 6.38. The Hall–Kier alpha value is -2.72. The van der Waals surface area contributed by atoms with E-state index in [2.05, 4.69) is 18.3 Å². The summed E-state index contributed by atoms with van der Waals surface area (Å²) in [7, 11) is 0. The van der Waals surface area contributed by atoms with Gasteiger partial charge in [-0.1, -0.05) is 48.0 Å². The fourth-order valence-corrected chi connectivity index (χ4v) is 3.15. The summed E-state index contributed by atoms with van der Waals surface area (Å²) in [6.45, 7) is 5.10. The highest BCUT2D eigenvalue weighted by Gasteiger charge is 2.14. The summed E-state index contributed by atoms with van der Waals surface area (Å²) in [6, 6.07) is 18.3. The van der Waals surface area contributed by atoms with E-state index in [9.17, 15) is 4.39 Å². The number of para-hydroxylation sites is 1. The van der Waals surface area contributed by atoms with Crippen LogP contribution in [0.1, 0.15) is 23.6 Å². The first-order chi connectivity index (χ1) is 13.6. The lowest BCUT2D eigenvalue weighted by Gasteiger charge is -2.16. The first kappa shape index (κ1) is 20.0. The standard InChI is InChI=1S/C23H23ClFNO2/c1-3-27-22-13-17(14-26-21-11-7-4-8-16(21)2)12-19(24)23(22)28-15-18-9-5-6-10-20(18)25/h4-13,26H,3,14-15H2,1-2H3. The molecule has 0 saturated carbocycles. The highest BCUT2D eigenvalue weighted by molar-refractivity contribution is 6.32. The molecule has 3 aromatic carbocycles. The molecule has 28 heavy (non-hydrogen) atoms. The third kappa shape index (κ3) is 4.96. The molecule has 0 unspecified atom stereocenters. The first-order valence-electron chi connectivity index (χ1n) is 9.19. The zero-order valence-corrected chi connectivity index (χ0v) is 16.7. The van der Waals surface area contributed by atoms with Crippen LogP contribution in [-0.2, 0) is 13.2 Å². The van der Waals surface area contributed by atoms with Gasteiger partial charge in [-0.2, -0.15) is 0 Å². The Morgan fingerprint density at radius 1 is 1.00 bits per heavy atom. The van der Waals surface area contributed by atoms with Gasteiger partial charge in [-0.15, -0.1) is 0 Å². The zero-order chi connectivity index (χ0) is 19.9. The molecule has 0 aliphatic heterocycles. The van der Waals surface area contributed by atoms with E-state index < -0.39 is 0 Å². The van der Waals surface area contributed by atoms with Crippen LogP contribution in [0.4, 0.5) is 10.1 Å². The van der Waals surface area contributed by atoms with E-state index in [1.807, 2.05) is 37.3 Å². The minimum Gasteiger partial charge on any atom is -0.490 e. The lowest BCUT2D eigenvalue weighted by atomic mass is 10.1. The summed E-state index contributed by atoms with van der Waals surface area (Å²) in [5.74, 6) is 0.662. The summed E-state index contributed by atoms with van der Waals surface area (Å²) in [5.41, 5.74) is 3.67. The maximum Gasteiger partial charge on any atom is 0.180 e. The van der Waals surface area contributed by atoms with Crippen LogP contribution in [0.2, 0.25) is 5.02 Å². The number of nitrogens with one attached hydrogen (secondary N) is 1. The number of anilines is 1. The van der Waals surface area contributed by atoms with Crippen molar-refractivity contribution in [1.82, 2.24) is 0 Å². The monoisotopic (exact) mass is 399 g/mol. The van der Waals surface area contributed by atoms with Gasteiger partial charge in [0.15, 0.2) is 11.5 Å². The number of aryl methyl sites for hydroxylation is 1. The second kappa shape index (κ2) is 9.47. The Kier molecular flexibility index (Phi) is 6.77. The molecule has 0 aliphatic rings. The molecule has 5 heteroatoms. The molecule has 146 valence electrons. The largest absolute Gasteiger partial charge is 0.490 e. The molecule has 1 N–H and O–H groups in total. The molecule has 0 aromatic heterocycles. The normalized spacial score (nSPS) is 10.6. The van der Waals surface area contributed by atoms with Gasteiger partial charge in [-0.05, 0) is 49.2 Å². The van der Waals surface area contributed by atoms with Crippen molar-refractivity contribution in [2.24, 2.45) is 0 Å². The second-order valence-electron chi connectivity index (χ2n) is 6.39. The number of rotatable bonds is 8. The molecule has 3 rings (SSSR count). The molecule has 0 aliphatic carbocycles. The zero-order valence-electron chi connectivity index (χ0n) is 16.0. The van der Waals surface area contributed by atoms with Crippen molar-refractivity contribution in [2.75, 3.05) is 11.9 Å². The Bertz CT molecular complexity index is 946. The molecule has 0 fully saturated rings. The summed E-state index contributed by atoms with van der Waals surface area (Å²) in [4.78, 5) is 0. The van der Waals surface area contributed by atoms with Crippen molar-refractivity contribution < 1.29 is 13.9 Å². The van der Waals surface area contributed by atoms with Crippen molar-refractivity contribution in [3.63, 3.8) is 0 Å². The van der Waals surface area contributed by atoms with Gasteiger partial charge in [-0.3, -0.25) is 0 Å². The lowest BCUT2D eigenvalue weighted by Crippen LogP contribution is -2.05. The Morgan fingerprint density at radius 2 is 1.75 bits per heavy atom. The van der Waals surface area contributed by atoms with Gasteiger partial charge in [0, 0.05) is 17.8 Å². The summed E-state index contributed by atoms with van der Waals surface area (Å²) >= 11 is 6.46. The fourth-order valence-electron chi connectivity index (χ4n) is 2.86. The van der Waals surface area contributed by atoms with E-state index in [0.717, 1.165) is 11.3 Å². The summed E-state index contributed by atoms with van der Waals surface area (Å²) in [6.07, 6.45) is 0. The molecular weight excluding hydrogens is 377 g/mol. The molecule has 0 heterocycles. The van der Waals surface area contributed by atoms with Crippen LogP contribution in [0.5, 0.6) is 11.5 Å². The average Bonchev–Trinajstić information content (AvgIpc) is 2.68. The van der Waals surface area contributed by atoms with Crippen LogP contribution in [0, 0.1) is 12.7 Å². The molecule has 0 spiro atoms. The van der Waals surface area contributed by atoms with E-state index in [1.54, 1.807) is 18.2 Å². The van der Waals surface area contributed by atoms with E-state index in [1.165, 1.54) is 11.6 Å². The van der Waals surface area contributed by atoms with Crippen LogP contribution < -0.4 is 14.8 Å². The van der Waals surface area contributed by atoms with Crippen molar-refractivity contribution in [1.29, 1.82) is 0 Å². The van der Waals surface area contributed by atoms with Crippen LogP contribution in [0.15, 0.2) is 60.7 Å². The number of ether oxygens (including phenoxy) is 2. The molecule has 0 saturated heterocycles. The minimum atomic E-state index is -0.310. The van der Waals surface area contributed by atoms with Gasteiger partial charge in [0.2, 0.25) is 0 Å². The third-order valence-electron chi connectivity index (χ3n) is 4.33. The highest BCUT2D eigenvalue weighted by Crippen LogP contribution is 2.37. The second-order valence-corrected chi connectivity index (χ2v) is 6.79. The minimum absolute atomic E-state index is 0.0767. The highest BCUT2D eigenvalue weighted by atomic mass is 35.5. The molecule has 3 nitrogen and oxygen atoms in total. The molecule has 0 amide bonds. The summed E-state index contributed by atoms with van der Waals surface area (Å²) < 4.78 is 25.4. The number of halogens is 2.